The molecule has 0 fully saturated rings. The van der Waals surface area contributed by atoms with Gasteiger partial charge in [0.05, 0.1) is 18.2 Å². The lowest BCUT2D eigenvalue weighted by atomic mass is 10.1. The van der Waals surface area contributed by atoms with Crippen molar-refractivity contribution in [3.63, 3.8) is 0 Å². The smallest absolute Gasteiger partial charge is 0.337 e. The normalized spacial score (nSPS) is 13.9. The summed E-state index contributed by atoms with van der Waals surface area (Å²) in [5.74, 6) is -0.0350. The zero-order valence-electron chi connectivity index (χ0n) is 16.7. The number of hydrogen-bond acceptors (Lipinski definition) is 5. The second-order valence-electron chi connectivity index (χ2n) is 6.95. The van der Waals surface area contributed by atoms with E-state index in [2.05, 4.69) is 4.57 Å². The minimum atomic E-state index is -0.538. The number of hydrogen-bond donors (Lipinski definition) is 0. The molecule has 148 valence electrons. The Bertz CT molecular complexity index is 925. The molecule has 0 amide bonds. The molecule has 6 heteroatoms. The van der Waals surface area contributed by atoms with Gasteiger partial charge in [-0.05, 0) is 39.0 Å². The Morgan fingerprint density at radius 3 is 2.75 bits per heavy atom. The average molecular weight is 383 g/mol. The summed E-state index contributed by atoms with van der Waals surface area (Å²) in [5.41, 5.74) is 3.59. The van der Waals surface area contributed by atoms with E-state index in [0.29, 0.717) is 17.7 Å². The monoisotopic (exact) mass is 383 g/mol. The highest BCUT2D eigenvalue weighted by Crippen LogP contribution is 2.26. The molecule has 2 heterocycles. The summed E-state index contributed by atoms with van der Waals surface area (Å²) in [7, 11) is 1.65. The number of aryl methyl sites for hydroxylation is 1. The van der Waals surface area contributed by atoms with E-state index in [1.54, 1.807) is 13.2 Å². The number of aromatic nitrogens is 1. The molecule has 0 aliphatic carbocycles. The number of rotatable bonds is 7. The molecule has 0 radical (unpaired) electrons. The predicted molar refractivity (Wildman–Crippen MR) is 106 cm³/mol. The summed E-state index contributed by atoms with van der Waals surface area (Å²) >= 11 is 0. The number of carbonyl (C=O) groups excluding carboxylic acids is 2. The van der Waals surface area contributed by atoms with Crippen molar-refractivity contribution in [2.45, 2.75) is 26.8 Å². The van der Waals surface area contributed by atoms with Crippen molar-refractivity contribution in [3.8, 4) is 5.75 Å². The first-order chi connectivity index (χ1) is 13.4. The van der Waals surface area contributed by atoms with Gasteiger partial charge < -0.3 is 18.8 Å². The molecule has 1 aromatic heterocycles. The highest BCUT2D eigenvalue weighted by Gasteiger charge is 2.22. The third kappa shape index (κ3) is 4.02. The Morgan fingerprint density at radius 2 is 2.00 bits per heavy atom. The van der Waals surface area contributed by atoms with E-state index < -0.39 is 5.97 Å². The van der Waals surface area contributed by atoms with Crippen LogP contribution in [0.3, 0.4) is 0 Å². The van der Waals surface area contributed by atoms with Crippen molar-refractivity contribution >= 4 is 17.8 Å². The van der Waals surface area contributed by atoms with Crippen LogP contribution in [0.2, 0.25) is 0 Å². The van der Waals surface area contributed by atoms with Crippen LogP contribution < -0.4 is 4.74 Å². The zero-order chi connectivity index (χ0) is 20.3. The fraction of sp³-hybridized carbons (Fsp3) is 0.364. The number of fused-ring (bicyclic) bond motifs is 1. The maximum Gasteiger partial charge on any atom is 0.337 e. The van der Waals surface area contributed by atoms with Gasteiger partial charge in [0.25, 0.3) is 0 Å². The molecule has 0 N–H and O–H groups in total. The van der Waals surface area contributed by atoms with Gasteiger partial charge in [-0.25, -0.2) is 4.79 Å². The Labute approximate surface area is 164 Å². The maximum atomic E-state index is 12.6. The van der Waals surface area contributed by atoms with Crippen LogP contribution in [0.25, 0.3) is 6.08 Å². The highest BCUT2D eigenvalue weighted by molar-refractivity contribution is 6.01. The lowest BCUT2D eigenvalue weighted by Gasteiger charge is -2.18. The molecular weight excluding hydrogens is 358 g/mol. The van der Waals surface area contributed by atoms with Crippen LogP contribution >= 0.6 is 0 Å². The zero-order valence-corrected chi connectivity index (χ0v) is 16.7. The second kappa shape index (κ2) is 8.44. The molecule has 1 aromatic carbocycles. The average Bonchev–Trinajstić information content (AvgIpc) is 2.99. The van der Waals surface area contributed by atoms with Crippen LogP contribution in [0, 0.1) is 13.8 Å². The highest BCUT2D eigenvalue weighted by atomic mass is 16.5. The lowest BCUT2D eigenvalue weighted by Crippen LogP contribution is -2.21. The minimum Gasteiger partial charge on any atom is -0.488 e. The number of benzene rings is 1. The summed E-state index contributed by atoms with van der Waals surface area (Å²) in [6.45, 7) is 6.25. The van der Waals surface area contributed by atoms with Gasteiger partial charge in [0.2, 0.25) is 5.78 Å². The van der Waals surface area contributed by atoms with Crippen molar-refractivity contribution in [1.29, 1.82) is 0 Å². The first-order valence-corrected chi connectivity index (χ1v) is 9.22. The number of esters is 1. The van der Waals surface area contributed by atoms with Crippen LogP contribution in [0.15, 0.2) is 35.9 Å². The summed E-state index contributed by atoms with van der Waals surface area (Å²) < 4.78 is 18.1. The van der Waals surface area contributed by atoms with E-state index in [0.717, 1.165) is 22.7 Å². The van der Waals surface area contributed by atoms with Gasteiger partial charge in [0, 0.05) is 29.6 Å². The molecule has 0 saturated carbocycles. The molecule has 0 bridgehead atoms. The summed E-state index contributed by atoms with van der Waals surface area (Å²) in [6.07, 6.45) is 1.74. The molecule has 0 spiro atoms. The standard InChI is InChI=1S/C22H25NO5/c1-14-9-19(16(3)23(14)15(2)11-26-4)20(24)13-28-22(25)18-10-17-7-5-6-8-21(17)27-12-18/h5-10,15H,11-13H2,1-4H3/t15-/m1/s1. The third-order valence-corrected chi connectivity index (χ3v) is 4.86. The van der Waals surface area contributed by atoms with Crippen LogP contribution in [-0.4, -0.2) is 43.3 Å². The molecule has 2 aromatic rings. The second-order valence-corrected chi connectivity index (χ2v) is 6.95. The summed E-state index contributed by atoms with van der Waals surface area (Å²) in [4.78, 5) is 25.0. The number of para-hydroxylation sites is 1. The summed E-state index contributed by atoms with van der Waals surface area (Å²) in [5, 5.41) is 0. The Balaban J connectivity index is 1.67. The molecule has 0 unspecified atom stereocenters. The number of methoxy groups -OCH3 is 1. The van der Waals surface area contributed by atoms with Gasteiger partial charge in [0.15, 0.2) is 6.61 Å². The molecule has 3 rings (SSSR count). The van der Waals surface area contributed by atoms with Crippen molar-refractivity contribution in [1.82, 2.24) is 4.57 Å². The quantitative estimate of drug-likeness (QED) is 0.541. The molecule has 0 saturated heterocycles. The number of nitrogens with zero attached hydrogens (tertiary/aromatic N) is 1. The van der Waals surface area contributed by atoms with E-state index in [1.165, 1.54) is 0 Å². The SMILES string of the molecule is COC[C@@H](C)n1c(C)cc(C(=O)COC(=O)C2=Cc3ccccc3OC2)c1C. The predicted octanol–water partition coefficient (Wildman–Crippen LogP) is 3.51. The number of ketones is 1. The summed E-state index contributed by atoms with van der Waals surface area (Å²) in [6, 6.07) is 9.39. The Morgan fingerprint density at radius 1 is 1.25 bits per heavy atom. The molecule has 6 nitrogen and oxygen atoms in total. The first-order valence-electron chi connectivity index (χ1n) is 9.22. The number of Topliss-reactive ketones (excluding diaryl/α,β-unsaturated/α-hetero) is 1. The number of carbonyl (C=O) groups is 2. The van der Waals surface area contributed by atoms with E-state index >= 15 is 0 Å². The lowest BCUT2D eigenvalue weighted by molar-refractivity contribution is -0.138. The number of ether oxygens (including phenoxy) is 3. The van der Waals surface area contributed by atoms with Gasteiger partial charge in [0.1, 0.15) is 12.4 Å². The van der Waals surface area contributed by atoms with E-state index in [4.69, 9.17) is 14.2 Å². The Kier molecular flexibility index (Phi) is 5.99. The molecular formula is C22H25NO5. The van der Waals surface area contributed by atoms with Gasteiger partial charge in [-0.2, -0.15) is 0 Å². The van der Waals surface area contributed by atoms with Crippen molar-refractivity contribution in [2.24, 2.45) is 0 Å². The van der Waals surface area contributed by atoms with Crippen LogP contribution in [0.5, 0.6) is 5.75 Å². The maximum absolute atomic E-state index is 12.6. The van der Waals surface area contributed by atoms with Gasteiger partial charge in [-0.1, -0.05) is 18.2 Å². The minimum absolute atomic E-state index is 0.110. The van der Waals surface area contributed by atoms with Crippen molar-refractivity contribution < 1.29 is 23.8 Å². The van der Waals surface area contributed by atoms with E-state index in [-0.39, 0.29) is 25.0 Å². The molecule has 1 atom stereocenters. The molecule has 1 aliphatic rings. The van der Waals surface area contributed by atoms with Crippen LogP contribution in [0.4, 0.5) is 0 Å². The topological polar surface area (TPSA) is 66.8 Å². The van der Waals surface area contributed by atoms with Gasteiger partial charge >= 0.3 is 5.97 Å². The fourth-order valence-corrected chi connectivity index (χ4v) is 3.59. The van der Waals surface area contributed by atoms with Crippen LogP contribution in [0.1, 0.15) is 40.3 Å². The van der Waals surface area contributed by atoms with Gasteiger partial charge in [-0.3, -0.25) is 4.79 Å². The fourth-order valence-electron chi connectivity index (χ4n) is 3.59. The third-order valence-electron chi connectivity index (χ3n) is 4.86. The van der Waals surface area contributed by atoms with Crippen LogP contribution in [-0.2, 0) is 14.3 Å². The van der Waals surface area contributed by atoms with Crippen molar-refractivity contribution in [2.75, 3.05) is 26.9 Å². The van der Waals surface area contributed by atoms with E-state index in [1.807, 2.05) is 51.1 Å². The molecule has 28 heavy (non-hydrogen) atoms. The largest absolute Gasteiger partial charge is 0.488 e. The van der Waals surface area contributed by atoms with Crippen molar-refractivity contribution in [3.05, 3.63) is 58.4 Å². The molecule has 1 aliphatic heterocycles. The first kappa shape index (κ1) is 19.9. The van der Waals surface area contributed by atoms with Gasteiger partial charge in [-0.15, -0.1) is 0 Å². The Hall–Kier alpha value is -2.86. The van der Waals surface area contributed by atoms with E-state index in [9.17, 15) is 9.59 Å².